The predicted octanol–water partition coefficient (Wildman–Crippen LogP) is 2.78. The lowest BCUT2D eigenvalue weighted by atomic mass is 9.91. The van der Waals surface area contributed by atoms with Crippen LogP contribution in [0.2, 0.25) is 0 Å². The van der Waals surface area contributed by atoms with Gasteiger partial charge in [0.2, 0.25) is 0 Å². The van der Waals surface area contributed by atoms with E-state index in [2.05, 4.69) is 10.3 Å². The van der Waals surface area contributed by atoms with E-state index in [-0.39, 0.29) is 18.7 Å². The third kappa shape index (κ3) is 6.19. The zero-order valence-electron chi connectivity index (χ0n) is 13.9. The Morgan fingerprint density at radius 1 is 1.12 bits per heavy atom. The minimum Gasteiger partial charge on any atom is -0.481 e. The molecule has 2 aromatic rings. The number of aliphatic carboxylic acids is 2. The SMILES string of the molecule is Fc1ccc2[nH]cc(CC3CCNCC3)c2c1.O=C(O)CCC(=O)O. The molecular weight excluding hydrogens is 327 g/mol. The molecule has 1 fully saturated rings. The molecule has 7 heteroatoms. The molecule has 3 rings (SSSR count). The van der Waals surface area contributed by atoms with Gasteiger partial charge >= 0.3 is 11.9 Å². The van der Waals surface area contributed by atoms with Gasteiger partial charge in [-0.3, -0.25) is 9.59 Å². The van der Waals surface area contributed by atoms with Crippen LogP contribution in [0.1, 0.15) is 31.2 Å². The summed E-state index contributed by atoms with van der Waals surface area (Å²) < 4.78 is 13.2. The van der Waals surface area contributed by atoms with Crippen LogP contribution in [0.5, 0.6) is 0 Å². The van der Waals surface area contributed by atoms with Crippen LogP contribution in [0, 0.1) is 11.7 Å². The summed E-state index contributed by atoms with van der Waals surface area (Å²) in [5.74, 6) is -1.57. The summed E-state index contributed by atoms with van der Waals surface area (Å²) in [6.45, 7) is 2.22. The molecule has 1 aliphatic heterocycles. The Morgan fingerprint density at radius 3 is 2.36 bits per heavy atom. The number of nitrogens with one attached hydrogen (secondary N) is 2. The van der Waals surface area contributed by atoms with Crippen LogP contribution in [-0.2, 0) is 16.0 Å². The lowest BCUT2D eigenvalue weighted by Gasteiger charge is -2.22. The van der Waals surface area contributed by atoms with Crippen molar-refractivity contribution < 1.29 is 24.2 Å². The quantitative estimate of drug-likeness (QED) is 0.664. The van der Waals surface area contributed by atoms with Crippen molar-refractivity contribution in [2.75, 3.05) is 13.1 Å². The second kappa shape index (κ2) is 9.17. The van der Waals surface area contributed by atoms with E-state index in [4.69, 9.17) is 10.2 Å². The molecule has 1 aliphatic rings. The fraction of sp³-hybridized carbons (Fsp3) is 0.444. The fourth-order valence-electron chi connectivity index (χ4n) is 2.93. The van der Waals surface area contributed by atoms with Gasteiger partial charge in [-0.25, -0.2) is 4.39 Å². The molecule has 0 radical (unpaired) electrons. The Hall–Kier alpha value is -2.41. The highest BCUT2D eigenvalue weighted by atomic mass is 19.1. The molecular formula is C18H23FN2O4. The summed E-state index contributed by atoms with van der Waals surface area (Å²) in [6, 6.07) is 4.96. The maximum atomic E-state index is 13.2. The summed E-state index contributed by atoms with van der Waals surface area (Å²) in [5, 5.41) is 20.2. The van der Waals surface area contributed by atoms with E-state index in [9.17, 15) is 14.0 Å². The van der Waals surface area contributed by atoms with Crippen LogP contribution in [0.3, 0.4) is 0 Å². The third-order valence-corrected chi connectivity index (χ3v) is 4.25. The van der Waals surface area contributed by atoms with Crippen LogP contribution in [0.4, 0.5) is 4.39 Å². The standard InChI is InChI=1S/C14H17FN2.C4H6O4/c15-12-1-2-14-13(8-12)11(9-17-14)7-10-3-5-16-6-4-10;5-3(6)1-2-4(7)8/h1-2,8-10,16-17H,3-7H2;1-2H2,(H,5,6)(H,7,8). The average molecular weight is 350 g/mol. The Morgan fingerprint density at radius 2 is 1.76 bits per heavy atom. The van der Waals surface area contributed by atoms with E-state index in [1.165, 1.54) is 24.5 Å². The molecule has 1 saturated heterocycles. The van der Waals surface area contributed by atoms with E-state index in [0.29, 0.717) is 0 Å². The number of halogens is 1. The van der Waals surface area contributed by atoms with Crippen LogP contribution >= 0.6 is 0 Å². The average Bonchev–Trinajstić information content (AvgIpc) is 2.97. The van der Waals surface area contributed by atoms with Gasteiger partial charge in [-0.1, -0.05) is 0 Å². The van der Waals surface area contributed by atoms with Crippen molar-refractivity contribution in [3.63, 3.8) is 0 Å². The van der Waals surface area contributed by atoms with E-state index >= 15 is 0 Å². The third-order valence-electron chi connectivity index (χ3n) is 4.25. The Kier molecular flexibility index (Phi) is 6.94. The summed E-state index contributed by atoms with van der Waals surface area (Å²) in [4.78, 5) is 22.5. The first-order valence-corrected chi connectivity index (χ1v) is 8.35. The normalized spacial score (nSPS) is 14.8. The molecule has 0 amide bonds. The first kappa shape index (κ1) is 18.9. The van der Waals surface area contributed by atoms with Crippen LogP contribution in [0.25, 0.3) is 10.9 Å². The minimum atomic E-state index is -1.08. The Balaban J connectivity index is 0.000000242. The van der Waals surface area contributed by atoms with Crippen molar-refractivity contribution in [1.82, 2.24) is 10.3 Å². The minimum absolute atomic E-state index is 0.149. The number of fused-ring (bicyclic) bond motifs is 1. The smallest absolute Gasteiger partial charge is 0.303 e. The van der Waals surface area contributed by atoms with Gasteiger partial charge in [0.15, 0.2) is 0 Å². The highest BCUT2D eigenvalue weighted by Gasteiger charge is 2.15. The van der Waals surface area contributed by atoms with Gasteiger partial charge in [0.1, 0.15) is 5.82 Å². The largest absolute Gasteiger partial charge is 0.481 e. The van der Waals surface area contributed by atoms with Crippen molar-refractivity contribution in [3.8, 4) is 0 Å². The van der Waals surface area contributed by atoms with Gasteiger partial charge in [-0.15, -0.1) is 0 Å². The van der Waals surface area contributed by atoms with Crippen LogP contribution < -0.4 is 5.32 Å². The molecule has 1 aromatic heterocycles. The van der Waals surface area contributed by atoms with Crippen molar-refractivity contribution >= 4 is 22.8 Å². The van der Waals surface area contributed by atoms with E-state index < -0.39 is 11.9 Å². The van der Waals surface area contributed by atoms with Crippen molar-refractivity contribution in [2.24, 2.45) is 5.92 Å². The molecule has 2 heterocycles. The van der Waals surface area contributed by atoms with Crippen LogP contribution in [-0.4, -0.2) is 40.2 Å². The second-order valence-electron chi connectivity index (χ2n) is 6.19. The van der Waals surface area contributed by atoms with E-state index in [1.807, 2.05) is 12.3 Å². The lowest BCUT2D eigenvalue weighted by molar-refractivity contribution is -0.143. The zero-order valence-corrected chi connectivity index (χ0v) is 13.9. The van der Waals surface area contributed by atoms with Gasteiger partial charge in [0.25, 0.3) is 0 Å². The summed E-state index contributed by atoms with van der Waals surface area (Å²) >= 11 is 0. The molecule has 6 nitrogen and oxygen atoms in total. The number of carboxylic acids is 2. The van der Waals surface area contributed by atoms with Gasteiger partial charge in [-0.05, 0) is 62.0 Å². The maximum absolute atomic E-state index is 13.2. The number of benzene rings is 1. The molecule has 4 N–H and O–H groups in total. The number of aromatic amines is 1. The highest BCUT2D eigenvalue weighted by molar-refractivity contribution is 5.83. The van der Waals surface area contributed by atoms with Gasteiger partial charge in [-0.2, -0.15) is 0 Å². The van der Waals surface area contributed by atoms with E-state index in [1.54, 1.807) is 6.07 Å². The number of piperidine rings is 1. The predicted molar refractivity (Wildman–Crippen MR) is 92.1 cm³/mol. The van der Waals surface area contributed by atoms with Crippen molar-refractivity contribution in [1.29, 1.82) is 0 Å². The highest BCUT2D eigenvalue weighted by Crippen LogP contribution is 2.25. The molecule has 0 saturated carbocycles. The van der Waals surface area contributed by atoms with Crippen molar-refractivity contribution in [2.45, 2.75) is 32.1 Å². The number of rotatable bonds is 5. The van der Waals surface area contributed by atoms with Crippen LogP contribution in [0.15, 0.2) is 24.4 Å². The van der Waals surface area contributed by atoms with Crippen molar-refractivity contribution in [3.05, 3.63) is 35.8 Å². The number of hydrogen-bond acceptors (Lipinski definition) is 3. The molecule has 0 aliphatic carbocycles. The molecule has 1 aromatic carbocycles. The number of H-pyrrole nitrogens is 1. The summed E-state index contributed by atoms with van der Waals surface area (Å²) in [5.41, 5.74) is 2.29. The lowest BCUT2D eigenvalue weighted by Crippen LogP contribution is -2.28. The van der Waals surface area contributed by atoms with E-state index in [0.717, 1.165) is 36.3 Å². The summed E-state index contributed by atoms with van der Waals surface area (Å²) in [7, 11) is 0. The molecule has 0 unspecified atom stereocenters. The molecule has 0 spiro atoms. The number of carbonyl (C=O) groups is 2. The molecule has 25 heavy (non-hydrogen) atoms. The van der Waals surface area contributed by atoms with Gasteiger partial charge in [0.05, 0.1) is 12.8 Å². The number of carboxylic acid groups (broad SMARTS) is 2. The Bertz CT molecular complexity index is 709. The maximum Gasteiger partial charge on any atom is 0.303 e. The zero-order chi connectivity index (χ0) is 18.2. The van der Waals surface area contributed by atoms with Gasteiger partial charge < -0.3 is 20.5 Å². The first-order chi connectivity index (χ1) is 12.0. The summed E-state index contributed by atoms with van der Waals surface area (Å²) in [6.07, 6.45) is 4.95. The molecule has 0 bridgehead atoms. The number of hydrogen-bond donors (Lipinski definition) is 4. The molecule has 0 atom stereocenters. The first-order valence-electron chi connectivity index (χ1n) is 8.35. The number of aromatic nitrogens is 1. The topological polar surface area (TPSA) is 102 Å². The monoisotopic (exact) mass is 350 g/mol. The fourth-order valence-corrected chi connectivity index (χ4v) is 2.93. The van der Waals surface area contributed by atoms with Gasteiger partial charge in [0, 0.05) is 17.1 Å². The second-order valence-corrected chi connectivity index (χ2v) is 6.19. The Labute approximate surface area is 145 Å². The molecule has 136 valence electrons.